The third-order valence-electron chi connectivity index (χ3n) is 8.27. The lowest BCUT2D eigenvalue weighted by Crippen LogP contribution is -2.56. The number of hydrogen-bond acceptors (Lipinski definition) is 4. The van der Waals surface area contributed by atoms with E-state index in [1.807, 2.05) is 12.1 Å². The van der Waals surface area contributed by atoms with Crippen molar-refractivity contribution >= 4 is 22.5 Å². The number of nitrogens with zero attached hydrogens (tertiary/aromatic N) is 4. The minimum atomic E-state index is 0.179. The molecule has 40 heavy (non-hydrogen) atoms. The molecule has 0 fully saturated rings. The van der Waals surface area contributed by atoms with Crippen molar-refractivity contribution in [2.24, 2.45) is 0 Å². The third kappa shape index (κ3) is 4.12. The maximum Gasteiger partial charge on any atom is 0.101 e. The summed E-state index contributed by atoms with van der Waals surface area (Å²) in [5.74, 6) is 0. The van der Waals surface area contributed by atoms with E-state index in [1.54, 1.807) is 6.20 Å². The maximum absolute atomic E-state index is 9.58. The first-order valence-electron chi connectivity index (χ1n) is 14.1. The van der Waals surface area contributed by atoms with E-state index in [4.69, 9.17) is 0 Å². The number of benzene rings is 2. The summed E-state index contributed by atoms with van der Waals surface area (Å²) in [6.45, 7) is 0. The number of aromatic nitrogens is 1. The Kier molecular flexibility index (Phi) is 6.26. The van der Waals surface area contributed by atoms with E-state index in [2.05, 4.69) is 124 Å². The lowest BCUT2D eigenvalue weighted by atomic mass is 9.87. The van der Waals surface area contributed by atoms with Crippen LogP contribution in [0.2, 0.25) is 0 Å². The van der Waals surface area contributed by atoms with Gasteiger partial charge in [-0.2, -0.15) is 5.26 Å². The Hall–Kier alpha value is -4.88. The maximum atomic E-state index is 9.58. The minimum Gasteiger partial charge on any atom is -0.333 e. The molecule has 2 atom stereocenters. The van der Waals surface area contributed by atoms with E-state index < -0.39 is 0 Å². The van der Waals surface area contributed by atoms with Crippen molar-refractivity contribution in [3.05, 3.63) is 150 Å². The van der Waals surface area contributed by atoms with Crippen LogP contribution < -0.4 is 9.80 Å². The fraction of sp³-hybridized carbons (Fsp3) is 0.167. The number of para-hydroxylation sites is 2. The van der Waals surface area contributed by atoms with E-state index in [-0.39, 0.29) is 12.1 Å². The minimum absolute atomic E-state index is 0.179. The molecule has 0 amide bonds. The topological polar surface area (TPSA) is 43.2 Å². The molecule has 2 heterocycles. The smallest absolute Gasteiger partial charge is 0.101 e. The SMILES string of the molecule is N#Cc1cccnc1C1=CC=C(c2ccccc2N2C3=C(C=CCC3)N(c3ccccc3)[C@H]3C=CC=CC32)CC1. The normalized spacial score (nSPS) is 21.4. The molecule has 1 unspecified atom stereocenters. The number of allylic oxidation sites excluding steroid dienone is 9. The van der Waals surface area contributed by atoms with Gasteiger partial charge in [0, 0.05) is 28.8 Å². The molecule has 0 bridgehead atoms. The molecule has 3 aliphatic carbocycles. The Morgan fingerprint density at radius 3 is 2.33 bits per heavy atom. The molecule has 0 N–H and O–H groups in total. The van der Waals surface area contributed by atoms with E-state index in [0.29, 0.717) is 5.56 Å². The fourth-order valence-corrected chi connectivity index (χ4v) is 6.48. The van der Waals surface area contributed by atoms with Crippen molar-refractivity contribution < 1.29 is 0 Å². The number of anilines is 2. The highest BCUT2D eigenvalue weighted by Crippen LogP contribution is 2.45. The quantitative estimate of drug-likeness (QED) is 0.351. The summed E-state index contributed by atoms with van der Waals surface area (Å²) in [6.07, 6.45) is 23.7. The standard InChI is InChI=1S/C36H30N4/c37-25-28-11-10-24-38-36(28)27-22-20-26(21-23-27)30-14-4-5-15-31(30)40-34-18-8-6-16-32(34)39(29-12-2-1-3-13-29)33-17-7-9-19-35(33)40/h1-8,10-18,20,22,24,32,34H,9,19,21,23H2/t32-,34?/m0/s1. The average molecular weight is 519 g/mol. The highest BCUT2D eigenvalue weighted by Gasteiger charge is 2.41. The lowest BCUT2D eigenvalue weighted by Gasteiger charge is -2.51. The van der Waals surface area contributed by atoms with Crippen LogP contribution in [-0.4, -0.2) is 17.1 Å². The molecule has 4 nitrogen and oxygen atoms in total. The van der Waals surface area contributed by atoms with Gasteiger partial charge in [-0.05, 0) is 73.2 Å². The van der Waals surface area contributed by atoms with Gasteiger partial charge in [0.05, 0.1) is 29.0 Å². The zero-order valence-electron chi connectivity index (χ0n) is 22.3. The fourth-order valence-electron chi connectivity index (χ4n) is 6.48. The molecule has 194 valence electrons. The number of nitriles is 1. The van der Waals surface area contributed by atoms with Crippen LogP contribution in [-0.2, 0) is 0 Å². The van der Waals surface area contributed by atoms with Crippen LogP contribution in [0.3, 0.4) is 0 Å². The summed E-state index contributed by atoms with van der Waals surface area (Å²) in [5, 5.41) is 9.58. The Morgan fingerprint density at radius 2 is 1.52 bits per heavy atom. The monoisotopic (exact) mass is 518 g/mol. The van der Waals surface area contributed by atoms with Crippen LogP contribution >= 0.6 is 0 Å². The van der Waals surface area contributed by atoms with Gasteiger partial charge in [-0.15, -0.1) is 0 Å². The van der Waals surface area contributed by atoms with E-state index >= 15 is 0 Å². The summed E-state index contributed by atoms with van der Waals surface area (Å²) in [6, 6.07) is 26.0. The average Bonchev–Trinajstić information content (AvgIpc) is 3.04. The van der Waals surface area contributed by atoms with Crippen LogP contribution in [0, 0.1) is 11.3 Å². The molecule has 3 aromatic rings. The van der Waals surface area contributed by atoms with Gasteiger partial charge in [0.25, 0.3) is 0 Å². The van der Waals surface area contributed by atoms with Gasteiger partial charge in [0.15, 0.2) is 0 Å². The van der Waals surface area contributed by atoms with Crippen LogP contribution in [0.25, 0.3) is 11.1 Å². The first-order chi connectivity index (χ1) is 19.8. The van der Waals surface area contributed by atoms with Crippen molar-refractivity contribution in [1.29, 1.82) is 5.26 Å². The number of hydrogen-bond donors (Lipinski definition) is 0. The van der Waals surface area contributed by atoms with Crippen molar-refractivity contribution in [3.63, 3.8) is 0 Å². The van der Waals surface area contributed by atoms with Crippen LogP contribution in [0.1, 0.15) is 42.5 Å². The molecular weight excluding hydrogens is 488 g/mol. The van der Waals surface area contributed by atoms with Crippen molar-refractivity contribution in [1.82, 2.24) is 4.98 Å². The summed E-state index contributed by atoms with van der Waals surface area (Å²) in [7, 11) is 0. The van der Waals surface area contributed by atoms with E-state index in [1.165, 1.54) is 33.9 Å². The highest BCUT2D eigenvalue weighted by molar-refractivity contribution is 5.85. The highest BCUT2D eigenvalue weighted by atomic mass is 15.3. The van der Waals surface area contributed by atoms with Crippen molar-refractivity contribution in [2.75, 3.05) is 9.80 Å². The van der Waals surface area contributed by atoms with Gasteiger partial charge in [-0.25, -0.2) is 0 Å². The summed E-state index contributed by atoms with van der Waals surface area (Å²) in [5.41, 5.74) is 10.3. The Labute approximate surface area is 235 Å². The number of rotatable bonds is 4. The van der Waals surface area contributed by atoms with E-state index in [0.717, 1.165) is 37.0 Å². The van der Waals surface area contributed by atoms with Crippen LogP contribution in [0.5, 0.6) is 0 Å². The number of fused-ring (bicyclic) bond motifs is 1. The molecule has 0 radical (unpaired) electrons. The largest absolute Gasteiger partial charge is 0.333 e. The molecule has 4 heteroatoms. The zero-order valence-corrected chi connectivity index (χ0v) is 22.3. The molecule has 0 saturated heterocycles. The second-order valence-corrected chi connectivity index (χ2v) is 10.5. The predicted molar refractivity (Wildman–Crippen MR) is 163 cm³/mol. The van der Waals surface area contributed by atoms with Gasteiger partial charge in [-0.1, -0.05) is 78.9 Å². The van der Waals surface area contributed by atoms with Gasteiger partial charge in [0.2, 0.25) is 0 Å². The van der Waals surface area contributed by atoms with Gasteiger partial charge >= 0.3 is 0 Å². The Morgan fingerprint density at radius 1 is 0.775 bits per heavy atom. The third-order valence-corrected chi connectivity index (χ3v) is 8.27. The van der Waals surface area contributed by atoms with Crippen molar-refractivity contribution in [2.45, 2.75) is 37.8 Å². The molecular formula is C36H30N4. The zero-order chi connectivity index (χ0) is 26.9. The predicted octanol–water partition coefficient (Wildman–Crippen LogP) is 7.97. The Bertz CT molecular complexity index is 1680. The summed E-state index contributed by atoms with van der Waals surface area (Å²) < 4.78 is 0. The first-order valence-corrected chi connectivity index (χ1v) is 14.1. The molecule has 0 saturated carbocycles. The summed E-state index contributed by atoms with van der Waals surface area (Å²) in [4.78, 5) is 9.64. The first kappa shape index (κ1) is 24.2. The number of pyridine rings is 1. The van der Waals surface area contributed by atoms with Gasteiger partial charge in [-0.3, -0.25) is 4.98 Å². The van der Waals surface area contributed by atoms with Gasteiger partial charge < -0.3 is 9.80 Å². The van der Waals surface area contributed by atoms with Gasteiger partial charge in [0.1, 0.15) is 6.07 Å². The lowest BCUT2D eigenvalue weighted by molar-refractivity contribution is 0.577. The molecule has 7 rings (SSSR count). The molecule has 1 aromatic heterocycles. The molecule has 0 spiro atoms. The van der Waals surface area contributed by atoms with Crippen molar-refractivity contribution in [3.8, 4) is 6.07 Å². The van der Waals surface area contributed by atoms with Crippen LogP contribution in [0.15, 0.2) is 133 Å². The van der Waals surface area contributed by atoms with E-state index in [9.17, 15) is 5.26 Å². The molecule has 2 aromatic carbocycles. The van der Waals surface area contributed by atoms with Crippen LogP contribution in [0.4, 0.5) is 11.4 Å². The summed E-state index contributed by atoms with van der Waals surface area (Å²) >= 11 is 0. The second-order valence-electron chi connectivity index (χ2n) is 10.5. The molecule has 1 aliphatic heterocycles. The Balaban J connectivity index is 1.34. The second kappa shape index (κ2) is 10.4. The molecule has 4 aliphatic rings.